The molecule has 0 spiro atoms. The van der Waals surface area contributed by atoms with Gasteiger partial charge in [-0.05, 0) is 25.1 Å². The number of aryl methyl sites for hydroxylation is 1. The molecule has 0 aliphatic rings. The Morgan fingerprint density at radius 1 is 1.05 bits per heavy atom. The van der Waals surface area contributed by atoms with Crippen molar-refractivity contribution in [2.45, 2.75) is 6.92 Å². The van der Waals surface area contributed by atoms with Gasteiger partial charge in [-0.1, -0.05) is 29.8 Å². The van der Waals surface area contributed by atoms with E-state index in [1.165, 1.54) is 0 Å². The van der Waals surface area contributed by atoms with Gasteiger partial charge in [-0.25, -0.2) is 4.98 Å². The van der Waals surface area contributed by atoms with E-state index in [9.17, 15) is 0 Å². The molecule has 0 aliphatic carbocycles. The first kappa shape index (κ1) is 12.3. The van der Waals surface area contributed by atoms with E-state index in [0.717, 1.165) is 38.9 Å². The molecule has 4 nitrogen and oxygen atoms in total. The average molecular weight is 295 g/mol. The smallest absolute Gasteiger partial charge is 0.120 e. The molecule has 4 aromatic rings. The van der Waals surface area contributed by atoms with Gasteiger partial charge in [-0.2, -0.15) is 5.10 Å². The summed E-state index contributed by atoms with van der Waals surface area (Å²) in [5, 5.41) is 9.87. The van der Waals surface area contributed by atoms with Gasteiger partial charge in [0, 0.05) is 17.0 Å². The molecule has 102 valence electrons. The van der Waals surface area contributed by atoms with Gasteiger partial charge in [0.15, 0.2) is 0 Å². The van der Waals surface area contributed by atoms with Crippen molar-refractivity contribution >= 4 is 33.4 Å². The second-order valence-corrected chi connectivity index (χ2v) is 5.29. The number of pyridine rings is 2. The van der Waals surface area contributed by atoms with Gasteiger partial charge >= 0.3 is 0 Å². The van der Waals surface area contributed by atoms with Crippen molar-refractivity contribution in [3.8, 4) is 11.4 Å². The van der Waals surface area contributed by atoms with Gasteiger partial charge in [0.1, 0.15) is 11.0 Å². The van der Waals surface area contributed by atoms with E-state index in [1.807, 2.05) is 43.3 Å². The SMILES string of the molecule is Cc1[nH]nc2c1nc(-c1ccccn1)c1cccc(Cl)c12. The van der Waals surface area contributed by atoms with Gasteiger partial charge in [-0.3, -0.25) is 10.1 Å². The first-order valence-corrected chi connectivity index (χ1v) is 6.98. The maximum atomic E-state index is 6.40. The Labute approximate surface area is 125 Å². The molecule has 3 aromatic heterocycles. The molecule has 0 unspecified atom stereocenters. The van der Waals surface area contributed by atoms with E-state index in [4.69, 9.17) is 16.6 Å². The third-order valence-electron chi connectivity index (χ3n) is 3.55. The lowest BCUT2D eigenvalue weighted by Gasteiger charge is -2.07. The zero-order chi connectivity index (χ0) is 14.4. The molecule has 0 atom stereocenters. The molecule has 1 N–H and O–H groups in total. The standard InChI is InChI=1S/C16H11ClN4/c1-9-14-16(21-20-9)13-10(5-4-6-11(13)17)15(19-14)12-7-2-3-8-18-12/h2-8H,1H3,(H,20,21). The number of benzene rings is 1. The number of hydrogen-bond acceptors (Lipinski definition) is 3. The van der Waals surface area contributed by atoms with E-state index >= 15 is 0 Å². The second kappa shape index (κ2) is 4.53. The van der Waals surface area contributed by atoms with Crippen LogP contribution >= 0.6 is 11.6 Å². The Kier molecular flexibility index (Phi) is 2.65. The van der Waals surface area contributed by atoms with Gasteiger partial charge in [-0.15, -0.1) is 0 Å². The first-order valence-electron chi connectivity index (χ1n) is 6.60. The number of halogens is 1. The minimum Gasteiger partial charge on any atom is -0.280 e. The number of aromatic nitrogens is 4. The van der Waals surface area contributed by atoms with Crippen molar-refractivity contribution in [2.24, 2.45) is 0 Å². The highest BCUT2D eigenvalue weighted by atomic mass is 35.5. The molecule has 0 saturated heterocycles. The summed E-state index contributed by atoms with van der Waals surface area (Å²) >= 11 is 6.40. The average Bonchev–Trinajstić information content (AvgIpc) is 2.89. The number of hydrogen-bond donors (Lipinski definition) is 1. The second-order valence-electron chi connectivity index (χ2n) is 4.88. The number of aromatic amines is 1. The lowest BCUT2D eigenvalue weighted by molar-refractivity contribution is 1.07. The van der Waals surface area contributed by atoms with E-state index in [0.29, 0.717) is 5.02 Å². The van der Waals surface area contributed by atoms with Crippen LogP contribution < -0.4 is 0 Å². The fourth-order valence-corrected chi connectivity index (χ4v) is 2.83. The van der Waals surface area contributed by atoms with E-state index in [2.05, 4.69) is 15.2 Å². The molecule has 1 aromatic carbocycles. The molecule has 21 heavy (non-hydrogen) atoms. The van der Waals surface area contributed by atoms with Crippen LogP contribution in [0.4, 0.5) is 0 Å². The number of nitrogens with zero attached hydrogens (tertiary/aromatic N) is 3. The molecule has 0 amide bonds. The molecule has 4 rings (SSSR count). The minimum atomic E-state index is 0.670. The van der Waals surface area contributed by atoms with Crippen LogP contribution in [-0.4, -0.2) is 20.2 Å². The minimum absolute atomic E-state index is 0.670. The molecule has 3 heterocycles. The Hall–Kier alpha value is -2.46. The molecule has 0 radical (unpaired) electrons. The van der Waals surface area contributed by atoms with Crippen molar-refractivity contribution in [1.29, 1.82) is 0 Å². The Morgan fingerprint density at radius 2 is 1.95 bits per heavy atom. The van der Waals surface area contributed by atoms with E-state index in [1.54, 1.807) is 6.20 Å². The maximum Gasteiger partial charge on any atom is 0.120 e. The Balaban J connectivity index is 2.24. The highest BCUT2D eigenvalue weighted by Crippen LogP contribution is 2.35. The number of nitrogens with one attached hydrogen (secondary N) is 1. The molecule has 0 aliphatic heterocycles. The quantitative estimate of drug-likeness (QED) is 0.574. The fraction of sp³-hybridized carbons (Fsp3) is 0.0625. The van der Waals surface area contributed by atoms with Crippen LogP contribution in [0.3, 0.4) is 0 Å². The molecule has 0 bridgehead atoms. The van der Waals surface area contributed by atoms with Crippen molar-refractivity contribution in [3.63, 3.8) is 0 Å². The third-order valence-corrected chi connectivity index (χ3v) is 3.87. The van der Waals surface area contributed by atoms with Crippen LogP contribution in [0.1, 0.15) is 5.69 Å². The summed E-state index contributed by atoms with van der Waals surface area (Å²) in [6.07, 6.45) is 1.76. The lowest BCUT2D eigenvalue weighted by atomic mass is 10.1. The zero-order valence-corrected chi connectivity index (χ0v) is 12.0. The van der Waals surface area contributed by atoms with Gasteiger partial charge in [0.25, 0.3) is 0 Å². The summed E-state index contributed by atoms with van der Waals surface area (Å²) in [4.78, 5) is 9.17. The molecule has 5 heteroatoms. The summed E-state index contributed by atoms with van der Waals surface area (Å²) in [7, 11) is 0. The predicted octanol–water partition coefficient (Wildman–Crippen LogP) is 4.13. The molecule has 0 fully saturated rings. The van der Waals surface area contributed by atoms with Crippen LogP contribution in [0.15, 0.2) is 42.6 Å². The Bertz CT molecular complexity index is 960. The molecular formula is C16H11ClN4. The monoisotopic (exact) mass is 294 g/mol. The summed E-state index contributed by atoms with van der Waals surface area (Å²) in [6, 6.07) is 11.6. The van der Waals surface area contributed by atoms with Gasteiger partial charge < -0.3 is 0 Å². The van der Waals surface area contributed by atoms with Crippen LogP contribution in [0, 0.1) is 6.92 Å². The lowest BCUT2D eigenvalue weighted by Crippen LogP contribution is -1.91. The van der Waals surface area contributed by atoms with Crippen LogP contribution in [0.25, 0.3) is 33.2 Å². The summed E-state index contributed by atoms with van der Waals surface area (Å²) in [6.45, 7) is 1.95. The molecular weight excluding hydrogens is 284 g/mol. The van der Waals surface area contributed by atoms with E-state index in [-0.39, 0.29) is 0 Å². The summed E-state index contributed by atoms with van der Waals surface area (Å²) in [5.74, 6) is 0. The fourth-order valence-electron chi connectivity index (χ4n) is 2.57. The topological polar surface area (TPSA) is 54.5 Å². The van der Waals surface area contributed by atoms with Crippen molar-refractivity contribution < 1.29 is 0 Å². The van der Waals surface area contributed by atoms with Gasteiger partial charge in [0.2, 0.25) is 0 Å². The zero-order valence-electron chi connectivity index (χ0n) is 11.3. The summed E-state index contributed by atoms with van der Waals surface area (Å²) < 4.78 is 0. The Morgan fingerprint density at radius 3 is 2.76 bits per heavy atom. The van der Waals surface area contributed by atoms with Gasteiger partial charge in [0.05, 0.1) is 22.1 Å². The first-order chi connectivity index (χ1) is 10.3. The van der Waals surface area contributed by atoms with Crippen LogP contribution in [0.2, 0.25) is 5.02 Å². The highest BCUT2D eigenvalue weighted by molar-refractivity contribution is 6.38. The van der Waals surface area contributed by atoms with Crippen molar-refractivity contribution in [1.82, 2.24) is 20.2 Å². The van der Waals surface area contributed by atoms with Crippen LogP contribution in [0.5, 0.6) is 0 Å². The predicted molar refractivity (Wildman–Crippen MR) is 84.4 cm³/mol. The number of H-pyrrole nitrogens is 1. The third kappa shape index (κ3) is 1.80. The maximum absolute atomic E-state index is 6.40. The van der Waals surface area contributed by atoms with Crippen molar-refractivity contribution in [3.05, 3.63) is 53.3 Å². The van der Waals surface area contributed by atoms with E-state index < -0.39 is 0 Å². The van der Waals surface area contributed by atoms with Crippen molar-refractivity contribution in [2.75, 3.05) is 0 Å². The normalized spacial score (nSPS) is 11.3. The number of rotatable bonds is 1. The molecule has 0 saturated carbocycles. The summed E-state index contributed by atoms with van der Waals surface area (Å²) in [5.41, 5.74) is 4.20. The van der Waals surface area contributed by atoms with Crippen LogP contribution in [-0.2, 0) is 0 Å². The largest absolute Gasteiger partial charge is 0.280 e. The number of fused-ring (bicyclic) bond motifs is 3. The highest BCUT2D eigenvalue weighted by Gasteiger charge is 2.16.